The van der Waals surface area contributed by atoms with Gasteiger partial charge in [-0.2, -0.15) is 0 Å². The van der Waals surface area contributed by atoms with E-state index in [1.807, 2.05) is 41.5 Å². The molecule has 0 saturated carbocycles. The molecule has 1 heterocycles. The first-order chi connectivity index (χ1) is 10.3. The van der Waals surface area contributed by atoms with Crippen molar-refractivity contribution in [3.8, 4) is 0 Å². The van der Waals surface area contributed by atoms with Gasteiger partial charge in [0.2, 0.25) is 0 Å². The van der Waals surface area contributed by atoms with Crippen LogP contribution in [0.25, 0.3) is 0 Å². The van der Waals surface area contributed by atoms with Crippen molar-refractivity contribution in [2.24, 2.45) is 5.92 Å². The molecule has 1 fully saturated rings. The molecule has 6 heteroatoms. The van der Waals surface area contributed by atoms with Crippen molar-refractivity contribution in [1.82, 2.24) is 9.80 Å². The van der Waals surface area contributed by atoms with Crippen molar-refractivity contribution in [1.29, 1.82) is 0 Å². The first-order valence-electron chi connectivity index (χ1n) is 8.24. The molecule has 1 rings (SSSR count). The number of piperidine rings is 1. The summed E-state index contributed by atoms with van der Waals surface area (Å²) in [6.45, 7) is 14.3. The maximum atomic E-state index is 12.3. The smallest absolute Gasteiger partial charge is 0.410 e. The highest BCUT2D eigenvalue weighted by atomic mass is 16.6. The van der Waals surface area contributed by atoms with Gasteiger partial charge in [-0.25, -0.2) is 9.59 Å². The lowest BCUT2D eigenvalue weighted by atomic mass is 9.93. The molecular formula is C17H32N2O4. The van der Waals surface area contributed by atoms with Gasteiger partial charge in [0, 0.05) is 20.1 Å². The monoisotopic (exact) mass is 328 g/mol. The minimum atomic E-state index is -0.534. The van der Waals surface area contributed by atoms with E-state index in [4.69, 9.17) is 9.47 Å². The standard InChI is InChI=1S/C17H32N2O4/c1-12-9-10-19(15(21)23-17(5,6)7)11-13(12)18(8)14(20)22-16(2,3)4/h12-13H,9-11H2,1-8H3. The van der Waals surface area contributed by atoms with Crippen LogP contribution in [0.2, 0.25) is 0 Å². The molecule has 0 N–H and O–H groups in total. The van der Waals surface area contributed by atoms with Gasteiger partial charge in [-0.05, 0) is 53.9 Å². The van der Waals surface area contributed by atoms with E-state index in [0.717, 1.165) is 6.42 Å². The molecule has 0 aliphatic carbocycles. The summed E-state index contributed by atoms with van der Waals surface area (Å²) in [7, 11) is 1.73. The van der Waals surface area contributed by atoms with E-state index in [1.54, 1.807) is 16.8 Å². The lowest BCUT2D eigenvalue weighted by Gasteiger charge is -2.41. The summed E-state index contributed by atoms with van der Waals surface area (Å²) in [5.41, 5.74) is -1.05. The van der Waals surface area contributed by atoms with Crippen molar-refractivity contribution < 1.29 is 19.1 Å². The third kappa shape index (κ3) is 6.28. The van der Waals surface area contributed by atoms with E-state index in [-0.39, 0.29) is 18.2 Å². The fourth-order valence-electron chi connectivity index (χ4n) is 2.51. The van der Waals surface area contributed by atoms with E-state index in [1.165, 1.54) is 0 Å². The molecule has 2 unspecified atom stereocenters. The van der Waals surface area contributed by atoms with Gasteiger partial charge < -0.3 is 19.3 Å². The van der Waals surface area contributed by atoms with Crippen molar-refractivity contribution in [2.75, 3.05) is 20.1 Å². The predicted octanol–water partition coefficient (Wildman–Crippen LogP) is 3.50. The Morgan fingerprint density at radius 1 is 1.04 bits per heavy atom. The largest absolute Gasteiger partial charge is 0.444 e. The zero-order valence-corrected chi connectivity index (χ0v) is 15.8. The van der Waals surface area contributed by atoms with Crippen LogP contribution in [-0.4, -0.2) is 59.4 Å². The second kappa shape index (κ2) is 6.97. The Kier molecular flexibility index (Phi) is 5.94. The summed E-state index contributed by atoms with van der Waals surface area (Å²) >= 11 is 0. The molecule has 0 radical (unpaired) electrons. The normalized spacial score (nSPS) is 22.5. The molecule has 0 spiro atoms. The quantitative estimate of drug-likeness (QED) is 0.739. The summed E-state index contributed by atoms with van der Waals surface area (Å²) in [6, 6.07) is -0.0777. The van der Waals surface area contributed by atoms with E-state index in [9.17, 15) is 9.59 Å². The van der Waals surface area contributed by atoms with Gasteiger partial charge in [-0.15, -0.1) is 0 Å². The van der Waals surface area contributed by atoms with E-state index in [0.29, 0.717) is 19.0 Å². The van der Waals surface area contributed by atoms with Crippen LogP contribution < -0.4 is 0 Å². The lowest BCUT2D eigenvalue weighted by molar-refractivity contribution is -0.00941. The van der Waals surface area contributed by atoms with Crippen LogP contribution in [0.1, 0.15) is 54.9 Å². The van der Waals surface area contributed by atoms with E-state index >= 15 is 0 Å². The highest BCUT2D eigenvalue weighted by molar-refractivity contribution is 5.70. The molecule has 2 amide bonds. The van der Waals surface area contributed by atoms with E-state index < -0.39 is 11.2 Å². The number of likely N-dealkylation sites (N-methyl/N-ethyl adjacent to an activating group) is 1. The molecular weight excluding hydrogens is 296 g/mol. The van der Waals surface area contributed by atoms with Crippen LogP contribution >= 0.6 is 0 Å². The number of likely N-dealkylation sites (tertiary alicyclic amines) is 1. The Hall–Kier alpha value is -1.46. The lowest BCUT2D eigenvalue weighted by Crippen LogP contribution is -2.55. The van der Waals surface area contributed by atoms with Gasteiger partial charge in [0.1, 0.15) is 11.2 Å². The fourth-order valence-corrected chi connectivity index (χ4v) is 2.51. The van der Waals surface area contributed by atoms with Gasteiger partial charge in [-0.3, -0.25) is 0 Å². The van der Waals surface area contributed by atoms with Crippen LogP contribution in [0.3, 0.4) is 0 Å². The molecule has 0 aromatic carbocycles. The maximum absolute atomic E-state index is 12.3. The number of nitrogens with zero attached hydrogens (tertiary/aromatic N) is 2. The number of hydrogen-bond donors (Lipinski definition) is 0. The number of amides is 2. The first kappa shape index (κ1) is 19.6. The van der Waals surface area contributed by atoms with Crippen LogP contribution in [0.15, 0.2) is 0 Å². The maximum Gasteiger partial charge on any atom is 0.410 e. The molecule has 134 valence electrons. The molecule has 0 bridgehead atoms. The van der Waals surface area contributed by atoms with Crippen molar-refractivity contribution >= 4 is 12.2 Å². The highest BCUT2D eigenvalue weighted by Crippen LogP contribution is 2.24. The van der Waals surface area contributed by atoms with Gasteiger partial charge in [0.25, 0.3) is 0 Å². The predicted molar refractivity (Wildman–Crippen MR) is 89.4 cm³/mol. The summed E-state index contributed by atoms with van der Waals surface area (Å²) in [5.74, 6) is 0.297. The molecule has 1 saturated heterocycles. The third-order valence-corrected chi connectivity index (χ3v) is 3.75. The second-order valence-electron chi connectivity index (χ2n) is 8.35. The molecule has 0 aromatic heterocycles. The van der Waals surface area contributed by atoms with Crippen molar-refractivity contribution in [3.63, 3.8) is 0 Å². The summed E-state index contributed by atoms with van der Waals surface area (Å²) in [6.07, 6.45) is 0.143. The summed E-state index contributed by atoms with van der Waals surface area (Å²) in [5, 5.41) is 0. The molecule has 6 nitrogen and oxygen atoms in total. The molecule has 2 atom stereocenters. The number of hydrogen-bond acceptors (Lipinski definition) is 4. The van der Waals surface area contributed by atoms with Gasteiger partial charge in [0.15, 0.2) is 0 Å². The number of carbonyl (C=O) groups is 2. The van der Waals surface area contributed by atoms with Crippen LogP contribution in [-0.2, 0) is 9.47 Å². The Balaban J connectivity index is 2.74. The van der Waals surface area contributed by atoms with Crippen LogP contribution in [0.4, 0.5) is 9.59 Å². The zero-order chi connectivity index (χ0) is 18.0. The minimum Gasteiger partial charge on any atom is -0.444 e. The van der Waals surface area contributed by atoms with Gasteiger partial charge in [0.05, 0.1) is 6.04 Å². The molecule has 0 aromatic rings. The average molecular weight is 328 g/mol. The molecule has 1 aliphatic rings. The Bertz CT molecular complexity index is 437. The average Bonchev–Trinajstić information content (AvgIpc) is 2.34. The van der Waals surface area contributed by atoms with Gasteiger partial charge >= 0.3 is 12.2 Å². The number of ether oxygens (including phenoxy) is 2. The van der Waals surface area contributed by atoms with Crippen LogP contribution in [0, 0.1) is 5.92 Å². The minimum absolute atomic E-state index is 0.0777. The Labute approximate surface area is 140 Å². The Morgan fingerprint density at radius 3 is 2.04 bits per heavy atom. The third-order valence-electron chi connectivity index (χ3n) is 3.75. The zero-order valence-electron chi connectivity index (χ0n) is 15.8. The van der Waals surface area contributed by atoms with Crippen LogP contribution in [0.5, 0.6) is 0 Å². The molecule has 23 heavy (non-hydrogen) atoms. The number of carbonyl (C=O) groups excluding carboxylic acids is 2. The highest BCUT2D eigenvalue weighted by Gasteiger charge is 2.36. The first-order valence-corrected chi connectivity index (χ1v) is 8.24. The second-order valence-corrected chi connectivity index (χ2v) is 8.35. The Morgan fingerprint density at radius 2 is 1.57 bits per heavy atom. The van der Waals surface area contributed by atoms with Gasteiger partial charge in [-0.1, -0.05) is 6.92 Å². The molecule has 1 aliphatic heterocycles. The SMILES string of the molecule is CC1CCN(C(=O)OC(C)(C)C)CC1N(C)C(=O)OC(C)(C)C. The topological polar surface area (TPSA) is 59.1 Å². The fraction of sp³-hybridized carbons (Fsp3) is 0.882. The summed E-state index contributed by atoms with van der Waals surface area (Å²) in [4.78, 5) is 27.8. The van der Waals surface area contributed by atoms with E-state index in [2.05, 4.69) is 6.92 Å². The van der Waals surface area contributed by atoms with Crippen molar-refractivity contribution in [2.45, 2.75) is 72.1 Å². The number of rotatable bonds is 1. The van der Waals surface area contributed by atoms with Crippen molar-refractivity contribution in [3.05, 3.63) is 0 Å². The summed E-state index contributed by atoms with van der Waals surface area (Å²) < 4.78 is 10.9.